The molecule has 1 aromatic heterocycles. The van der Waals surface area contributed by atoms with Crippen molar-refractivity contribution in [3.05, 3.63) is 12.4 Å². The number of nitrogens with one attached hydrogen (secondary N) is 2. The van der Waals surface area contributed by atoms with Gasteiger partial charge in [-0.1, -0.05) is 0 Å². The summed E-state index contributed by atoms with van der Waals surface area (Å²) < 4.78 is 34.6. The molecule has 0 atom stereocenters. The fraction of sp³-hybridized carbons (Fsp3) is 0.786. The van der Waals surface area contributed by atoms with E-state index < -0.39 is 10.0 Å². The highest BCUT2D eigenvalue weighted by Gasteiger charge is 2.33. The van der Waals surface area contributed by atoms with E-state index in [2.05, 4.69) is 15.1 Å². The van der Waals surface area contributed by atoms with Crippen molar-refractivity contribution < 1.29 is 13.2 Å². The number of hydrogen-bond acceptors (Lipinski definition) is 5. The quantitative estimate of drug-likeness (QED) is 0.771. The van der Waals surface area contributed by atoms with E-state index in [4.69, 9.17) is 4.74 Å². The third-order valence-corrected chi connectivity index (χ3v) is 5.52. The summed E-state index contributed by atoms with van der Waals surface area (Å²) in [5.41, 5.74) is -0.138. The maximum Gasteiger partial charge on any atom is 0.243 e. The molecule has 1 saturated heterocycles. The van der Waals surface area contributed by atoms with E-state index in [-0.39, 0.29) is 16.4 Å². The Bertz CT molecular complexity index is 571. The summed E-state index contributed by atoms with van der Waals surface area (Å²) in [5, 5.41) is 7.39. The largest absolute Gasteiger partial charge is 0.384 e. The first kappa shape index (κ1) is 17.4. The van der Waals surface area contributed by atoms with E-state index in [1.165, 1.54) is 6.20 Å². The first-order valence-electron chi connectivity index (χ1n) is 7.62. The van der Waals surface area contributed by atoms with Gasteiger partial charge in [0.15, 0.2) is 0 Å². The predicted molar refractivity (Wildman–Crippen MR) is 84.2 cm³/mol. The van der Waals surface area contributed by atoms with Crippen LogP contribution >= 0.6 is 0 Å². The second-order valence-electron chi connectivity index (χ2n) is 6.26. The topological polar surface area (TPSA) is 85.2 Å². The molecule has 0 aromatic carbocycles. The van der Waals surface area contributed by atoms with Gasteiger partial charge in [0.25, 0.3) is 0 Å². The molecule has 126 valence electrons. The van der Waals surface area contributed by atoms with Gasteiger partial charge in [-0.3, -0.25) is 4.68 Å². The summed E-state index contributed by atoms with van der Waals surface area (Å²) in [4.78, 5) is 0.211. The molecule has 2 heterocycles. The molecule has 2 rings (SSSR count). The van der Waals surface area contributed by atoms with Crippen molar-refractivity contribution in [1.82, 2.24) is 19.8 Å². The van der Waals surface area contributed by atoms with Crippen LogP contribution in [0.2, 0.25) is 0 Å². The standard InChI is InChI=1S/C14H26N4O3S/c1-12(2)18-9-13(8-16-18)22(19,20)17-10-14(11-21-3)4-6-15-7-5-14/h8-9,12,15,17H,4-7,10-11H2,1-3H3. The summed E-state index contributed by atoms with van der Waals surface area (Å²) in [6.07, 6.45) is 4.76. The van der Waals surface area contributed by atoms with Crippen LogP contribution < -0.4 is 10.0 Å². The summed E-state index contributed by atoms with van der Waals surface area (Å²) in [5.74, 6) is 0. The van der Waals surface area contributed by atoms with E-state index in [1.807, 2.05) is 13.8 Å². The number of hydrogen-bond donors (Lipinski definition) is 2. The summed E-state index contributed by atoms with van der Waals surface area (Å²) in [6.45, 7) is 6.63. The van der Waals surface area contributed by atoms with Crippen molar-refractivity contribution in [2.75, 3.05) is 33.4 Å². The third-order valence-electron chi connectivity index (χ3n) is 4.17. The maximum atomic E-state index is 12.4. The molecule has 8 heteroatoms. The van der Waals surface area contributed by atoms with Crippen molar-refractivity contribution in [2.24, 2.45) is 5.41 Å². The van der Waals surface area contributed by atoms with Gasteiger partial charge in [-0.2, -0.15) is 5.10 Å². The highest BCUT2D eigenvalue weighted by molar-refractivity contribution is 7.89. The Morgan fingerprint density at radius 3 is 2.68 bits per heavy atom. The number of nitrogens with zero attached hydrogens (tertiary/aromatic N) is 2. The molecule has 1 aliphatic heterocycles. The van der Waals surface area contributed by atoms with Crippen molar-refractivity contribution in [3.8, 4) is 0 Å². The van der Waals surface area contributed by atoms with Gasteiger partial charge in [0, 0.05) is 31.3 Å². The normalized spacial score (nSPS) is 18.7. The minimum Gasteiger partial charge on any atom is -0.384 e. The predicted octanol–water partition coefficient (Wildman–Crippen LogP) is 0.758. The molecular formula is C14H26N4O3S. The van der Waals surface area contributed by atoms with Crippen LogP contribution in [0, 0.1) is 5.41 Å². The monoisotopic (exact) mass is 330 g/mol. The molecule has 0 bridgehead atoms. The molecule has 0 amide bonds. The lowest BCUT2D eigenvalue weighted by Crippen LogP contribution is -2.47. The fourth-order valence-corrected chi connectivity index (χ4v) is 3.80. The van der Waals surface area contributed by atoms with E-state index in [0.29, 0.717) is 13.2 Å². The lowest BCUT2D eigenvalue weighted by Gasteiger charge is -2.37. The molecular weight excluding hydrogens is 304 g/mol. The Morgan fingerprint density at radius 1 is 1.45 bits per heavy atom. The molecule has 2 N–H and O–H groups in total. The minimum atomic E-state index is -3.54. The van der Waals surface area contributed by atoms with Crippen LogP contribution in [0.1, 0.15) is 32.7 Å². The molecule has 0 radical (unpaired) electrons. The minimum absolute atomic E-state index is 0.133. The highest BCUT2D eigenvalue weighted by Crippen LogP contribution is 2.28. The zero-order valence-electron chi connectivity index (χ0n) is 13.5. The second-order valence-corrected chi connectivity index (χ2v) is 8.02. The average Bonchev–Trinajstić information content (AvgIpc) is 2.98. The van der Waals surface area contributed by atoms with Gasteiger partial charge in [0.2, 0.25) is 10.0 Å². The van der Waals surface area contributed by atoms with Gasteiger partial charge in [0.1, 0.15) is 4.90 Å². The van der Waals surface area contributed by atoms with Crippen molar-refractivity contribution in [3.63, 3.8) is 0 Å². The molecule has 1 fully saturated rings. The van der Waals surface area contributed by atoms with E-state index >= 15 is 0 Å². The fourth-order valence-electron chi connectivity index (χ4n) is 2.71. The number of sulfonamides is 1. The summed E-state index contributed by atoms with van der Waals surface area (Å²) >= 11 is 0. The Hall–Kier alpha value is -0.960. The Labute approximate surface area is 132 Å². The summed E-state index contributed by atoms with van der Waals surface area (Å²) in [6, 6.07) is 0.133. The molecule has 7 nitrogen and oxygen atoms in total. The molecule has 0 saturated carbocycles. The molecule has 0 aliphatic carbocycles. The summed E-state index contributed by atoms with van der Waals surface area (Å²) in [7, 11) is -1.88. The van der Waals surface area contributed by atoms with Crippen molar-refractivity contribution in [2.45, 2.75) is 37.6 Å². The lowest BCUT2D eigenvalue weighted by molar-refractivity contribution is 0.0577. The Morgan fingerprint density at radius 2 is 2.14 bits per heavy atom. The zero-order valence-corrected chi connectivity index (χ0v) is 14.3. The van der Waals surface area contributed by atoms with Crippen molar-refractivity contribution in [1.29, 1.82) is 0 Å². The first-order chi connectivity index (χ1) is 10.4. The number of methoxy groups -OCH3 is 1. The van der Waals surface area contributed by atoms with Gasteiger partial charge >= 0.3 is 0 Å². The van der Waals surface area contributed by atoms with E-state index in [9.17, 15) is 8.42 Å². The van der Waals surface area contributed by atoms with Crippen LogP contribution in [0.5, 0.6) is 0 Å². The molecule has 0 spiro atoms. The van der Waals surface area contributed by atoms with Gasteiger partial charge in [-0.05, 0) is 39.8 Å². The molecule has 1 aliphatic rings. The highest BCUT2D eigenvalue weighted by atomic mass is 32.2. The van der Waals surface area contributed by atoms with Gasteiger partial charge in [-0.15, -0.1) is 0 Å². The zero-order chi connectivity index (χ0) is 16.2. The average molecular weight is 330 g/mol. The molecule has 1 aromatic rings. The van der Waals surface area contributed by atoms with Crippen LogP contribution in [0.4, 0.5) is 0 Å². The number of ether oxygens (including phenoxy) is 1. The van der Waals surface area contributed by atoms with Crippen molar-refractivity contribution >= 4 is 10.0 Å². The van der Waals surface area contributed by atoms with Crippen LogP contribution in [-0.2, 0) is 14.8 Å². The van der Waals surface area contributed by atoms with Gasteiger partial charge < -0.3 is 10.1 Å². The van der Waals surface area contributed by atoms with E-state index in [1.54, 1.807) is 18.0 Å². The number of aromatic nitrogens is 2. The first-order valence-corrected chi connectivity index (χ1v) is 9.10. The van der Waals surface area contributed by atoms with Gasteiger partial charge in [0.05, 0.1) is 12.8 Å². The molecule has 22 heavy (non-hydrogen) atoms. The van der Waals surface area contributed by atoms with Crippen LogP contribution in [0.15, 0.2) is 17.3 Å². The number of piperidine rings is 1. The van der Waals surface area contributed by atoms with E-state index in [0.717, 1.165) is 25.9 Å². The van der Waals surface area contributed by atoms with Crippen LogP contribution in [0.3, 0.4) is 0 Å². The van der Waals surface area contributed by atoms with Crippen LogP contribution in [-0.4, -0.2) is 51.5 Å². The Balaban J connectivity index is 2.06. The molecule has 0 unspecified atom stereocenters. The second kappa shape index (κ2) is 7.08. The Kier molecular flexibility index (Phi) is 5.60. The number of rotatable bonds is 7. The third kappa shape index (κ3) is 4.07. The smallest absolute Gasteiger partial charge is 0.243 e. The van der Waals surface area contributed by atoms with Gasteiger partial charge in [-0.25, -0.2) is 13.1 Å². The SMILES string of the molecule is COCC1(CNS(=O)(=O)c2cnn(C(C)C)c2)CCNCC1. The lowest BCUT2D eigenvalue weighted by atomic mass is 9.80. The van der Waals surface area contributed by atoms with Crippen LogP contribution in [0.25, 0.3) is 0 Å². The maximum absolute atomic E-state index is 12.4.